The van der Waals surface area contributed by atoms with Gasteiger partial charge < -0.3 is 4.74 Å². The molecule has 0 bridgehead atoms. The lowest BCUT2D eigenvalue weighted by molar-refractivity contribution is -0.0281. The molecular formula is C24H25BrN2O. The van der Waals surface area contributed by atoms with Gasteiger partial charge in [-0.3, -0.25) is 9.88 Å². The van der Waals surface area contributed by atoms with E-state index in [0.717, 1.165) is 36.9 Å². The van der Waals surface area contributed by atoms with Crippen molar-refractivity contribution in [1.29, 1.82) is 0 Å². The van der Waals surface area contributed by atoms with Crippen LogP contribution in [-0.4, -0.2) is 29.1 Å². The summed E-state index contributed by atoms with van der Waals surface area (Å²) in [5, 5.41) is 0. The van der Waals surface area contributed by atoms with Crippen molar-refractivity contribution in [1.82, 2.24) is 9.88 Å². The minimum absolute atomic E-state index is 0.00795. The van der Waals surface area contributed by atoms with Crippen LogP contribution in [0.25, 0.3) is 0 Å². The second-order valence-corrected chi connectivity index (χ2v) is 8.13. The molecule has 144 valence electrons. The lowest BCUT2D eigenvalue weighted by atomic mass is 10.00. The summed E-state index contributed by atoms with van der Waals surface area (Å²) in [4.78, 5) is 6.74. The third-order valence-corrected chi connectivity index (χ3v) is 6.08. The highest BCUT2D eigenvalue weighted by Crippen LogP contribution is 2.30. The average molecular weight is 437 g/mol. The molecule has 28 heavy (non-hydrogen) atoms. The van der Waals surface area contributed by atoms with Crippen molar-refractivity contribution in [2.75, 3.05) is 13.1 Å². The first-order valence-corrected chi connectivity index (χ1v) is 10.6. The Morgan fingerprint density at radius 1 is 0.929 bits per heavy atom. The summed E-state index contributed by atoms with van der Waals surface area (Å²) in [6, 6.07) is 23.1. The molecule has 1 aromatic heterocycles. The van der Waals surface area contributed by atoms with Crippen molar-refractivity contribution in [2.24, 2.45) is 0 Å². The fourth-order valence-electron chi connectivity index (χ4n) is 3.77. The van der Waals surface area contributed by atoms with Crippen molar-refractivity contribution in [3.05, 3.63) is 100 Å². The number of likely N-dealkylation sites (tertiary alicyclic amines) is 1. The summed E-state index contributed by atoms with van der Waals surface area (Å²) in [6.45, 7) is 3.02. The fourth-order valence-corrected chi connectivity index (χ4v) is 4.11. The van der Waals surface area contributed by atoms with Crippen molar-refractivity contribution in [3.63, 3.8) is 0 Å². The van der Waals surface area contributed by atoms with Gasteiger partial charge in [0.15, 0.2) is 0 Å². The molecular weight excluding hydrogens is 412 g/mol. The number of benzene rings is 2. The van der Waals surface area contributed by atoms with E-state index < -0.39 is 0 Å². The number of hydrogen-bond acceptors (Lipinski definition) is 3. The van der Waals surface area contributed by atoms with Gasteiger partial charge in [-0.2, -0.15) is 0 Å². The Morgan fingerprint density at radius 2 is 1.54 bits per heavy atom. The average Bonchev–Trinajstić information content (AvgIpc) is 2.76. The Morgan fingerprint density at radius 3 is 2.11 bits per heavy atom. The minimum atomic E-state index is -0.00795. The zero-order chi connectivity index (χ0) is 19.2. The standard InChI is InChI=1S/C24H25BrN2O/c25-23-11-14-26-17-21(23)18-27-15-12-22(13-16-27)28-24(19-7-3-1-4-8-19)20-9-5-2-6-10-20/h1-11,14,17,22,24H,12-13,15-16,18H2. The lowest BCUT2D eigenvalue weighted by Gasteiger charge is -2.34. The van der Waals surface area contributed by atoms with E-state index in [0.29, 0.717) is 0 Å². The molecule has 3 nitrogen and oxygen atoms in total. The minimum Gasteiger partial charge on any atom is -0.365 e. The fraction of sp³-hybridized carbons (Fsp3) is 0.292. The Labute approximate surface area is 175 Å². The molecule has 0 amide bonds. The second-order valence-electron chi connectivity index (χ2n) is 7.28. The Balaban J connectivity index is 1.40. The Hall–Kier alpha value is -2.01. The molecule has 0 saturated carbocycles. The highest BCUT2D eigenvalue weighted by atomic mass is 79.9. The van der Waals surface area contributed by atoms with Gasteiger partial charge in [-0.25, -0.2) is 0 Å². The van der Waals surface area contributed by atoms with Crippen LogP contribution in [0.2, 0.25) is 0 Å². The molecule has 1 saturated heterocycles. The SMILES string of the molecule is Brc1ccncc1CN1CCC(OC(c2ccccc2)c2ccccc2)CC1. The molecule has 4 heteroatoms. The van der Waals surface area contributed by atoms with E-state index in [4.69, 9.17) is 4.74 Å². The molecule has 2 heterocycles. The van der Waals surface area contributed by atoms with Crippen LogP contribution in [0.5, 0.6) is 0 Å². The molecule has 2 aromatic carbocycles. The van der Waals surface area contributed by atoms with Crippen LogP contribution in [0.3, 0.4) is 0 Å². The van der Waals surface area contributed by atoms with Crippen LogP contribution in [0.4, 0.5) is 0 Å². The van der Waals surface area contributed by atoms with Crippen LogP contribution in [0, 0.1) is 0 Å². The number of rotatable bonds is 6. The van der Waals surface area contributed by atoms with Gasteiger partial charge in [0, 0.05) is 36.5 Å². The first kappa shape index (κ1) is 19.3. The van der Waals surface area contributed by atoms with Crippen molar-refractivity contribution in [2.45, 2.75) is 31.6 Å². The zero-order valence-electron chi connectivity index (χ0n) is 15.9. The molecule has 0 radical (unpaired) electrons. The van der Waals surface area contributed by atoms with Gasteiger partial charge in [-0.05, 0) is 35.6 Å². The maximum atomic E-state index is 6.64. The highest BCUT2D eigenvalue weighted by Gasteiger charge is 2.25. The summed E-state index contributed by atoms with van der Waals surface area (Å²) in [6.07, 6.45) is 6.14. The van der Waals surface area contributed by atoms with Gasteiger partial charge in [0.2, 0.25) is 0 Å². The Bertz CT molecular complexity index is 825. The summed E-state index contributed by atoms with van der Waals surface area (Å²) in [7, 11) is 0. The van der Waals surface area contributed by atoms with Gasteiger partial charge in [-0.15, -0.1) is 0 Å². The molecule has 0 N–H and O–H groups in total. The molecule has 1 aliphatic heterocycles. The lowest BCUT2D eigenvalue weighted by Crippen LogP contribution is -2.37. The van der Waals surface area contributed by atoms with Gasteiger partial charge >= 0.3 is 0 Å². The molecule has 0 aliphatic carbocycles. The van der Waals surface area contributed by atoms with Crippen LogP contribution in [-0.2, 0) is 11.3 Å². The summed E-state index contributed by atoms with van der Waals surface area (Å²) in [5.41, 5.74) is 3.68. The molecule has 0 atom stereocenters. The molecule has 1 aliphatic rings. The summed E-state index contributed by atoms with van der Waals surface area (Å²) >= 11 is 3.63. The topological polar surface area (TPSA) is 25.4 Å². The van der Waals surface area contributed by atoms with Crippen LogP contribution >= 0.6 is 15.9 Å². The predicted molar refractivity (Wildman–Crippen MR) is 116 cm³/mol. The van der Waals surface area contributed by atoms with E-state index in [1.165, 1.54) is 16.7 Å². The second kappa shape index (κ2) is 9.46. The van der Waals surface area contributed by atoms with Crippen LogP contribution in [0.1, 0.15) is 35.6 Å². The van der Waals surface area contributed by atoms with Crippen molar-refractivity contribution >= 4 is 15.9 Å². The summed E-state index contributed by atoms with van der Waals surface area (Å²) in [5.74, 6) is 0. The maximum Gasteiger partial charge on any atom is 0.108 e. The van der Waals surface area contributed by atoms with Crippen molar-refractivity contribution < 1.29 is 4.74 Å². The monoisotopic (exact) mass is 436 g/mol. The van der Waals surface area contributed by atoms with E-state index in [1.807, 2.05) is 18.5 Å². The number of halogens is 1. The van der Waals surface area contributed by atoms with E-state index in [9.17, 15) is 0 Å². The maximum absolute atomic E-state index is 6.64. The number of pyridine rings is 1. The van der Waals surface area contributed by atoms with Crippen LogP contribution < -0.4 is 0 Å². The smallest absolute Gasteiger partial charge is 0.108 e. The van der Waals surface area contributed by atoms with Gasteiger partial charge in [-0.1, -0.05) is 76.6 Å². The van der Waals surface area contributed by atoms with Gasteiger partial charge in [0.1, 0.15) is 6.10 Å². The van der Waals surface area contributed by atoms with E-state index >= 15 is 0 Å². The Kier molecular flexibility index (Phi) is 6.53. The third kappa shape index (κ3) is 4.88. The molecule has 0 unspecified atom stereocenters. The molecule has 0 spiro atoms. The summed E-state index contributed by atoms with van der Waals surface area (Å²) < 4.78 is 7.77. The number of aromatic nitrogens is 1. The molecule has 3 aromatic rings. The molecule has 4 rings (SSSR count). The number of piperidine rings is 1. The molecule has 1 fully saturated rings. The largest absolute Gasteiger partial charge is 0.365 e. The van der Waals surface area contributed by atoms with Crippen LogP contribution in [0.15, 0.2) is 83.6 Å². The number of ether oxygens (including phenoxy) is 1. The third-order valence-electron chi connectivity index (χ3n) is 5.31. The normalized spacial score (nSPS) is 15.8. The van der Waals surface area contributed by atoms with E-state index in [1.54, 1.807) is 0 Å². The number of nitrogens with zero attached hydrogens (tertiary/aromatic N) is 2. The van der Waals surface area contributed by atoms with Gasteiger partial charge in [0.25, 0.3) is 0 Å². The zero-order valence-corrected chi connectivity index (χ0v) is 17.5. The number of hydrogen-bond donors (Lipinski definition) is 0. The van der Waals surface area contributed by atoms with Crippen molar-refractivity contribution in [3.8, 4) is 0 Å². The first-order valence-electron chi connectivity index (χ1n) is 9.85. The van der Waals surface area contributed by atoms with E-state index in [-0.39, 0.29) is 12.2 Å². The first-order chi connectivity index (χ1) is 13.8. The van der Waals surface area contributed by atoms with E-state index in [2.05, 4.69) is 86.5 Å². The predicted octanol–water partition coefficient (Wildman–Crippen LogP) is 5.61. The van der Waals surface area contributed by atoms with Gasteiger partial charge in [0.05, 0.1) is 6.10 Å². The highest BCUT2D eigenvalue weighted by molar-refractivity contribution is 9.10. The quantitative estimate of drug-likeness (QED) is 0.501.